The van der Waals surface area contributed by atoms with Crippen molar-refractivity contribution in [1.82, 2.24) is 0 Å². The zero-order valence-corrected chi connectivity index (χ0v) is 10.1. The van der Waals surface area contributed by atoms with Crippen LogP contribution in [-0.4, -0.2) is 12.1 Å². The molecule has 1 aliphatic heterocycles. The average molecular weight is 230 g/mol. The van der Waals surface area contributed by atoms with Gasteiger partial charge in [0.05, 0.1) is 5.92 Å². The number of cyclic esters (lactones) is 1. The van der Waals surface area contributed by atoms with Gasteiger partial charge in [0.25, 0.3) is 0 Å². The van der Waals surface area contributed by atoms with Crippen LogP contribution in [-0.2, 0) is 16.0 Å². The van der Waals surface area contributed by atoms with E-state index in [1.165, 1.54) is 5.56 Å². The Morgan fingerprint density at radius 1 is 1.35 bits per heavy atom. The van der Waals surface area contributed by atoms with Crippen molar-refractivity contribution in [2.24, 2.45) is 11.8 Å². The zero-order valence-electron chi connectivity index (χ0n) is 10.1. The van der Waals surface area contributed by atoms with E-state index in [0.29, 0.717) is 0 Å². The van der Waals surface area contributed by atoms with Crippen LogP contribution in [0.1, 0.15) is 18.9 Å². The van der Waals surface area contributed by atoms with Gasteiger partial charge in [-0.1, -0.05) is 43.3 Å². The molecule has 1 aromatic rings. The minimum absolute atomic E-state index is 0.00444. The standard InChI is InChI=1S/C15H18O2/c1-3-13-11(2)15(16)17-14(13)10-9-12-7-5-4-6-8-12/h3-8,11,13-14H,1,9-10H2,2H3/t11-,13+,14-/m1/s1. The molecule has 90 valence electrons. The van der Waals surface area contributed by atoms with Gasteiger partial charge in [0.15, 0.2) is 0 Å². The second-order valence-electron chi connectivity index (χ2n) is 4.60. The molecule has 1 heterocycles. The summed E-state index contributed by atoms with van der Waals surface area (Å²) in [7, 11) is 0. The highest BCUT2D eigenvalue weighted by atomic mass is 16.6. The Bertz CT molecular complexity index is 397. The monoisotopic (exact) mass is 230 g/mol. The first kappa shape index (κ1) is 11.9. The lowest BCUT2D eigenvalue weighted by Crippen LogP contribution is -2.17. The van der Waals surface area contributed by atoms with E-state index in [9.17, 15) is 4.79 Å². The van der Waals surface area contributed by atoms with Crippen LogP contribution in [0, 0.1) is 11.8 Å². The smallest absolute Gasteiger partial charge is 0.309 e. The number of aryl methyl sites for hydroxylation is 1. The first-order chi connectivity index (χ1) is 8.22. The van der Waals surface area contributed by atoms with E-state index in [-0.39, 0.29) is 23.9 Å². The highest BCUT2D eigenvalue weighted by Crippen LogP contribution is 2.31. The van der Waals surface area contributed by atoms with E-state index in [0.717, 1.165) is 12.8 Å². The van der Waals surface area contributed by atoms with Crippen molar-refractivity contribution in [3.05, 3.63) is 48.6 Å². The molecule has 1 aliphatic rings. The molecular weight excluding hydrogens is 212 g/mol. The fraction of sp³-hybridized carbons (Fsp3) is 0.400. The highest BCUT2D eigenvalue weighted by Gasteiger charge is 2.39. The summed E-state index contributed by atoms with van der Waals surface area (Å²) in [5.41, 5.74) is 1.28. The number of hydrogen-bond acceptors (Lipinski definition) is 2. The van der Waals surface area contributed by atoms with Crippen LogP contribution in [0.3, 0.4) is 0 Å². The molecule has 0 N–H and O–H groups in total. The van der Waals surface area contributed by atoms with Crippen molar-refractivity contribution in [2.75, 3.05) is 0 Å². The summed E-state index contributed by atoms with van der Waals surface area (Å²) in [4.78, 5) is 11.5. The van der Waals surface area contributed by atoms with E-state index in [1.807, 2.05) is 31.2 Å². The van der Waals surface area contributed by atoms with Crippen LogP contribution >= 0.6 is 0 Å². The third kappa shape index (κ3) is 2.57. The molecule has 1 fully saturated rings. The third-order valence-electron chi connectivity index (χ3n) is 3.48. The molecule has 1 aromatic carbocycles. The van der Waals surface area contributed by atoms with Gasteiger partial charge in [-0.2, -0.15) is 0 Å². The van der Waals surface area contributed by atoms with Crippen molar-refractivity contribution in [3.8, 4) is 0 Å². The number of esters is 1. The lowest BCUT2D eigenvalue weighted by Gasteiger charge is -2.15. The van der Waals surface area contributed by atoms with Crippen LogP contribution in [0.15, 0.2) is 43.0 Å². The van der Waals surface area contributed by atoms with Crippen LogP contribution < -0.4 is 0 Å². The first-order valence-electron chi connectivity index (χ1n) is 6.09. The molecule has 2 heteroatoms. The van der Waals surface area contributed by atoms with E-state index in [1.54, 1.807) is 0 Å². The molecule has 3 atom stereocenters. The summed E-state index contributed by atoms with van der Waals surface area (Å²) in [5.74, 6) is 0.0208. The Labute approximate surface area is 102 Å². The third-order valence-corrected chi connectivity index (χ3v) is 3.48. The molecule has 0 bridgehead atoms. The Hall–Kier alpha value is -1.57. The maximum absolute atomic E-state index is 11.5. The SMILES string of the molecule is C=C[C@@H]1[C@@H](CCc2ccccc2)OC(=O)[C@@H]1C. The minimum Gasteiger partial charge on any atom is -0.461 e. The molecule has 1 saturated heterocycles. The van der Waals surface area contributed by atoms with Gasteiger partial charge in [-0.3, -0.25) is 4.79 Å². The van der Waals surface area contributed by atoms with E-state index in [4.69, 9.17) is 4.74 Å². The molecule has 0 aromatic heterocycles. The zero-order chi connectivity index (χ0) is 12.3. The number of benzene rings is 1. The quantitative estimate of drug-likeness (QED) is 0.587. The minimum atomic E-state index is -0.0899. The van der Waals surface area contributed by atoms with Gasteiger partial charge in [-0.05, 0) is 18.4 Å². The van der Waals surface area contributed by atoms with Gasteiger partial charge in [0, 0.05) is 5.92 Å². The number of ether oxygens (including phenoxy) is 1. The van der Waals surface area contributed by atoms with Crippen LogP contribution in [0.4, 0.5) is 0 Å². The molecule has 2 rings (SSSR count). The summed E-state index contributed by atoms with van der Waals surface area (Å²) >= 11 is 0. The lowest BCUT2D eigenvalue weighted by molar-refractivity contribution is -0.144. The maximum atomic E-state index is 11.5. The molecule has 0 unspecified atom stereocenters. The van der Waals surface area contributed by atoms with Gasteiger partial charge >= 0.3 is 5.97 Å². The van der Waals surface area contributed by atoms with Gasteiger partial charge in [-0.15, -0.1) is 6.58 Å². The first-order valence-corrected chi connectivity index (χ1v) is 6.09. The van der Waals surface area contributed by atoms with Crippen molar-refractivity contribution in [2.45, 2.75) is 25.9 Å². The molecule has 0 spiro atoms. The Balaban J connectivity index is 1.95. The number of hydrogen-bond donors (Lipinski definition) is 0. The number of rotatable bonds is 4. The van der Waals surface area contributed by atoms with Crippen molar-refractivity contribution >= 4 is 5.97 Å². The molecule has 0 amide bonds. The predicted molar refractivity (Wildman–Crippen MR) is 67.5 cm³/mol. The number of carbonyl (C=O) groups excluding carboxylic acids is 1. The fourth-order valence-electron chi connectivity index (χ4n) is 2.38. The highest BCUT2D eigenvalue weighted by molar-refractivity contribution is 5.75. The van der Waals surface area contributed by atoms with E-state index in [2.05, 4.69) is 18.7 Å². The van der Waals surface area contributed by atoms with Crippen molar-refractivity contribution in [3.63, 3.8) is 0 Å². The summed E-state index contributed by atoms with van der Waals surface area (Å²) in [5, 5.41) is 0. The second-order valence-corrected chi connectivity index (χ2v) is 4.60. The Morgan fingerprint density at radius 2 is 2.06 bits per heavy atom. The van der Waals surface area contributed by atoms with Crippen LogP contribution in [0.5, 0.6) is 0 Å². The maximum Gasteiger partial charge on any atom is 0.309 e. The molecular formula is C15H18O2. The topological polar surface area (TPSA) is 26.3 Å². The van der Waals surface area contributed by atoms with Gasteiger partial charge in [0.1, 0.15) is 6.10 Å². The molecule has 0 saturated carbocycles. The largest absolute Gasteiger partial charge is 0.461 e. The molecule has 0 radical (unpaired) electrons. The molecule has 17 heavy (non-hydrogen) atoms. The van der Waals surface area contributed by atoms with Crippen LogP contribution in [0.25, 0.3) is 0 Å². The van der Waals surface area contributed by atoms with Crippen molar-refractivity contribution in [1.29, 1.82) is 0 Å². The van der Waals surface area contributed by atoms with E-state index < -0.39 is 0 Å². The lowest BCUT2D eigenvalue weighted by atomic mass is 9.89. The summed E-state index contributed by atoms with van der Waals surface area (Å²) in [6.45, 7) is 5.71. The summed E-state index contributed by atoms with van der Waals surface area (Å²) in [6, 6.07) is 10.3. The van der Waals surface area contributed by atoms with Gasteiger partial charge in [-0.25, -0.2) is 0 Å². The fourth-order valence-corrected chi connectivity index (χ4v) is 2.38. The number of carbonyl (C=O) groups is 1. The predicted octanol–water partition coefficient (Wildman–Crippen LogP) is 2.98. The van der Waals surface area contributed by atoms with Crippen LogP contribution in [0.2, 0.25) is 0 Å². The Kier molecular flexibility index (Phi) is 3.62. The van der Waals surface area contributed by atoms with Crippen molar-refractivity contribution < 1.29 is 9.53 Å². The Morgan fingerprint density at radius 3 is 2.71 bits per heavy atom. The van der Waals surface area contributed by atoms with Gasteiger partial charge < -0.3 is 4.74 Å². The summed E-state index contributed by atoms with van der Waals surface area (Å²) in [6.07, 6.45) is 3.66. The average Bonchev–Trinajstić information content (AvgIpc) is 2.63. The molecule has 0 aliphatic carbocycles. The second kappa shape index (κ2) is 5.17. The van der Waals surface area contributed by atoms with E-state index >= 15 is 0 Å². The van der Waals surface area contributed by atoms with Gasteiger partial charge in [0.2, 0.25) is 0 Å². The molecule has 2 nitrogen and oxygen atoms in total. The normalized spacial score (nSPS) is 27.8. The summed E-state index contributed by atoms with van der Waals surface area (Å²) < 4.78 is 5.39.